The highest BCUT2D eigenvalue weighted by molar-refractivity contribution is 8.13. The molecule has 0 N–H and O–H groups in total. The smallest absolute Gasteiger partial charge is 0.301 e. The Balaban J connectivity index is 1.30. The number of halogens is 3. The largest absolute Gasteiger partial charge is 0.454 e. The number of amides is 1. The number of carbonyl (C=O) groups excluding carboxylic acids is 1. The number of carbonyl (C=O) groups is 1. The van der Waals surface area contributed by atoms with Gasteiger partial charge in [0, 0.05) is 44.0 Å². The zero-order valence-electron chi connectivity index (χ0n) is 21.8. The molecule has 0 radical (unpaired) electrons. The maximum atomic E-state index is 13.4. The first kappa shape index (κ1) is 27.1. The number of allylic oxidation sites excluding steroid dienone is 1. The maximum Gasteiger partial charge on any atom is 0.301 e. The van der Waals surface area contributed by atoms with Crippen LogP contribution in [0.4, 0.5) is 18.9 Å². The molecule has 2 aromatic carbocycles. The van der Waals surface area contributed by atoms with Gasteiger partial charge in [-0.2, -0.15) is 8.78 Å². The molecule has 206 valence electrons. The number of anilines is 1. The topological polar surface area (TPSA) is 57.6 Å². The van der Waals surface area contributed by atoms with E-state index in [1.807, 2.05) is 0 Å². The van der Waals surface area contributed by atoms with Crippen LogP contribution in [-0.2, 0) is 4.79 Å². The number of ether oxygens (including phenoxy) is 2. The lowest BCUT2D eigenvalue weighted by Crippen LogP contribution is -2.51. The van der Waals surface area contributed by atoms with Gasteiger partial charge in [-0.3, -0.25) is 14.6 Å². The first-order chi connectivity index (χ1) is 18.8. The number of para-hydroxylation sites is 1. The van der Waals surface area contributed by atoms with Gasteiger partial charge in [-0.05, 0) is 48.7 Å². The van der Waals surface area contributed by atoms with Crippen LogP contribution in [0.15, 0.2) is 59.0 Å². The summed E-state index contributed by atoms with van der Waals surface area (Å²) in [6.45, 7) is 7.75. The van der Waals surface area contributed by atoms with E-state index in [1.165, 1.54) is 16.8 Å². The van der Waals surface area contributed by atoms with Crippen LogP contribution in [0.25, 0.3) is 6.08 Å². The van der Waals surface area contributed by atoms with E-state index >= 15 is 0 Å². The first-order valence-electron chi connectivity index (χ1n) is 12.7. The minimum absolute atomic E-state index is 0.0312. The summed E-state index contributed by atoms with van der Waals surface area (Å²) < 4.78 is 49.3. The fraction of sp³-hybridized carbons (Fsp3) is 0.357. The molecule has 1 amide bonds. The van der Waals surface area contributed by atoms with Crippen molar-refractivity contribution in [1.29, 1.82) is 0 Å². The molecule has 0 aromatic heterocycles. The zero-order valence-corrected chi connectivity index (χ0v) is 22.6. The number of aliphatic imine (C=N–C) groups is 1. The number of benzene rings is 2. The molecule has 0 unspecified atom stereocenters. The lowest BCUT2D eigenvalue weighted by Gasteiger charge is -2.38. The summed E-state index contributed by atoms with van der Waals surface area (Å²) in [5.74, 6) is -0.490. The third-order valence-electron chi connectivity index (χ3n) is 6.84. The fourth-order valence-electron chi connectivity index (χ4n) is 4.87. The predicted octanol–water partition coefficient (Wildman–Crippen LogP) is 5.55. The summed E-state index contributed by atoms with van der Waals surface area (Å²) in [7, 11) is 0. The van der Waals surface area contributed by atoms with Crippen molar-refractivity contribution >= 4 is 34.6 Å². The third-order valence-corrected chi connectivity index (χ3v) is 7.82. The normalized spacial score (nSPS) is 18.2. The van der Waals surface area contributed by atoms with E-state index < -0.39 is 18.3 Å². The van der Waals surface area contributed by atoms with Crippen LogP contribution in [0.2, 0.25) is 0 Å². The molecule has 1 fully saturated rings. The van der Waals surface area contributed by atoms with Gasteiger partial charge in [0.25, 0.3) is 5.91 Å². The SMILES string of the molecule is Cc1cccc(C)c1N1CCN(CN2C(=O)/C(=C/c3ccc4c(c3)OCO4)N=C2SCCC(F)=C(F)F)CC1. The Kier molecular flexibility index (Phi) is 8.18. The molecular weight excluding hydrogens is 529 g/mol. The second-order valence-corrected chi connectivity index (χ2v) is 10.6. The molecule has 0 atom stereocenters. The average molecular weight is 559 g/mol. The number of thioether (sulfide) groups is 1. The summed E-state index contributed by atoms with van der Waals surface area (Å²) in [5.41, 5.74) is 4.64. The molecule has 7 nitrogen and oxygen atoms in total. The summed E-state index contributed by atoms with van der Waals surface area (Å²) in [4.78, 5) is 24.0. The lowest BCUT2D eigenvalue weighted by atomic mass is 10.1. The van der Waals surface area contributed by atoms with Crippen molar-refractivity contribution in [3.05, 3.63) is 70.7 Å². The van der Waals surface area contributed by atoms with Crippen LogP contribution in [-0.4, -0.2) is 66.3 Å². The highest BCUT2D eigenvalue weighted by atomic mass is 32.2. The van der Waals surface area contributed by atoms with E-state index in [-0.39, 0.29) is 24.2 Å². The fourth-order valence-corrected chi connectivity index (χ4v) is 5.79. The highest BCUT2D eigenvalue weighted by Gasteiger charge is 2.33. The molecule has 0 saturated carbocycles. The van der Waals surface area contributed by atoms with Gasteiger partial charge in [0.2, 0.25) is 6.79 Å². The monoisotopic (exact) mass is 558 g/mol. The standard InChI is InChI=1S/C28H29F3N4O3S/c1-18-4-3-5-19(2)25(18)34-11-9-33(10-12-34)16-35-27(36)22(32-28(35)39-13-8-21(29)26(30)31)14-20-6-7-23-24(15-20)38-17-37-23/h3-7,14-15H,8-13,16-17H2,1-2H3/b22-14-. The Morgan fingerprint density at radius 3 is 2.46 bits per heavy atom. The molecule has 11 heteroatoms. The molecule has 39 heavy (non-hydrogen) atoms. The van der Waals surface area contributed by atoms with Crippen LogP contribution in [0.1, 0.15) is 23.1 Å². The van der Waals surface area contributed by atoms with Crippen molar-refractivity contribution < 1.29 is 27.4 Å². The van der Waals surface area contributed by atoms with E-state index in [0.717, 1.165) is 37.9 Å². The average Bonchev–Trinajstić information content (AvgIpc) is 3.49. The van der Waals surface area contributed by atoms with Gasteiger partial charge in [0.15, 0.2) is 22.5 Å². The number of hydrogen-bond acceptors (Lipinski definition) is 7. The van der Waals surface area contributed by atoms with Crippen LogP contribution >= 0.6 is 11.8 Å². The molecule has 1 saturated heterocycles. The first-order valence-corrected chi connectivity index (χ1v) is 13.7. The van der Waals surface area contributed by atoms with Gasteiger partial charge in [-0.1, -0.05) is 36.0 Å². The van der Waals surface area contributed by atoms with Crippen molar-refractivity contribution in [3.63, 3.8) is 0 Å². The molecule has 3 aliphatic rings. The van der Waals surface area contributed by atoms with E-state index in [2.05, 4.69) is 46.8 Å². The molecule has 3 aliphatic heterocycles. The van der Waals surface area contributed by atoms with E-state index in [4.69, 9.17) is 9.47 Å². The molecule has 0 bridgehead atoms. The van der Waals surface area contributed by atoms with Crippen LogP contribution < -0.4 is 14.4 Å². The van der Waals surface area contributed by atoms with Crippen LogP contribution in [0.3, 0.4) is 0 Å². The number of rotatable bonds is 7. The molecule has 5 rings (SSSR count). The van der Waals surface area contributed by atoms with Gasteiger partial charge in [0.1, 0.15) is 5.70 Å². The van der Waals surface area contributed by atoms with Gasteiger partial charge in [0.05, 0.1) is 6.67 Å². The van der Waals surface area contributed by atoms with Gasteiger partial charge in [-0.15, -0.1) is 0 Å². The van der Waals surface area contributed by atoms with Crippen molar-refractivity contribution in [2.24, 2.45) is 4.99 Å². The van der Waals surface area contributed by atoms with Gasteiger partial charge in [-0.25, -0.2) is 9.38 Å². The molecule has 0 spiro atoms. The minimum Gasteiger partial charge on any atom is -0.454 e. The Hall–Kier alpha value is -3.44. The highest BCUT2D eigenvalue weighted by Crippen LogP contribution is 2.34. The summed E-state index contributed by atoms with van der Waals surface area (Å²) in [6.07, 6.45) is -1.10. The van der Waals surface area contributed by atoms with E-state index in [9.17, 15) is 18.0 Å². The van der Waals surface area contributed by atoms with Crippen molar-refractivity contribution in [3.8, 4) is 11.5 Å². The Labute approximate surface area is 229 Å². The van der Waals surface area contributed by atoms with Crippen molar-refractivity contribution in [1.82, 2.24) is 9.80 Å². The number of aryl methyl sites for hydroxylation is 2. The van der Waals surface area contributed by atoms with Crippen molar-refractivity contribution in [2.75, 3.05) is 50.3 Å². The second kappa shape index (κ2) is 11.7. The number of fused-ring (bicyclic) bond motifs is 1. The maximum absolute atomic E-state index is 13.4. The summed E-state index contributed by atoms with van der Waals surface area (Å²) >= 11 is 1.09. The van der Waals surface area contributed by atoms with E-state index in [1.54, 1.807) is 29.2 Å². The van der Waals surface area contributed by atoms with E-state index in [0.29, 0.717) is 28.9 Å². The number of hydrogen-bond donors (Lipinski definition) is 0. The zero-order chi connectivity index (χ0) is 27.5. The number of amidine groups is 1. The van der Waals surface area contributed by atoms with Gasteiger partial charge >= 0.3 is 6.08 Å². The predicted molar refractivity (Wildman–Crippen MR) is 147 cm³/mol. The second-order valence-electron chi connectivity index (χ2n) is 9.52. The Bertz CT molecular complexity index is 1330. The molecular formula is C28H29F3N4O3S. The molecule has 2 aromatic rings. The molecule has 3 heterocycles. The Morgan fingerprint density at radius 1 is 1.03 bits per heavy atom. The number of piperazine rings is 1. The third kappa shape index (κ3) is 6.09. The molecule has 0 aliphatic carbocycles. The summed E-state index contributed by atoms with van der Waals surface area (Å²) in [5, 5.41) is 0.372. The van der Waals surface area contributed by atoms with Crippen molar-refractivity contribution in [2.45, 2.75) is 20.3 Å². The minimum atomic E-state index is -2.32. The quantitative estimate of drug-likeness (QED) is 0.416. The lowest BCUT2D eigenvalue weighted by molar-refractivity contribution is -0.124. The van der Waals surface area contributed by atoms with Crippen LogP contribution in [0, 0.1) is 13.8 Å². The van der Waals surface area contributed by atoms with Crippen LogP contribution in [0.5, 0.6) is 11.5 Å². The van der Waals surface area contributed by atoms with Gasteiger partial charge < -0.3 is 14.4 Å². The summed E-state index contributed by atoms with van der Waals surface area (Å²) in [6, 6.07) is 11.6. The Morgan fingerprint density at radius 2 is 1.74 bits per heavy atom. The number of nitrogens with zero attached hydrogens (tertiary/aromatic N) is 4.